The predicted octanol–water partition coefficient (Wildman–Crippen LogP) is 1.30. The zero-order valence-corrected chi connectivity index (χ0v) is 10.1. The highest BCUT2D eigenvalue weighted by molar-refractivity contribution is 5.77. The van der Waals surface area contributed by atoms with Gasteiger partial charge in [-0.2, -0.15) is 0 Å². The number of hydrogen-bond acceptors (Lipinski definition) is 3. The molecular formula is C13H19NO3. The zero-order valence-electron chi connectivity index (χ0n) is 10.1. The van der Waals surface area contributed by atoms with Gasteiger partial charge < -0.3 is 14.7 Å². The molecule has 1 aromatic rings. The second-order valence-electron chi connectivity index (χ2n) is 3.65. The van der Waals surface area contributed by atoms with Crippen LogP contribution in [0.1, 0.15) is 13.3 Å². The Hall–Kier alpha value is -1.55. The molecule has 0 unspecified atom stereocenters. The molecule has 1 amide bonds. The highest BCUT2D eigenvalue weighted by atomic mass is 16.5. The summed E-state index contributed by atoms with van der Waals surface area (Å²) >= 11 is 0. The van der Waals surface area contributed by atoms with Gasteiger partial charge in [0.2, 0.25) is 0 Å². The van der Waals surface area contributed by atoms with Gasteiger partial charge in [0.1, 0.15) is 5.75 Å². The van der Waals surface area contributed by atoms with Crippen LogP contribution in [0.15, 0.2) is 30.3 Å². The van der Waals surface area contributed by atoms with Gasteiger partial charge >= 0.3 is 0 Å². The van der Waals surface area contributed by atoms with Crippen molar-refractivity contribution in [3.63, 3.8) is 0 Å². The van der Waals surface area contributed by atoms with E-state index in [1.807, 2.05) is 37.3 Å². The van der Waals surface area contributed by atoms with Gasteiger partial charge in [-0.15, -0.1) is 0 Å². The number of carbonyl (C=O) groups is 1. The topological polar surface area (TPSA) is 49.8 Å². The molecule has 1 N–H and O–H groups in total. The van der Waals surface area contributed by atoms with Crippen molar-refractivity contribution in [1.29, 1.82) is 0 Å². The molecular weight excluding hydrogens is 218 g/mol. The van der Waals surface area contributed by atoms with Crippen molar-refractivity contribution in [2.75, 3.05) is 26.3 Å². The first-order valence-corrected chi connectivity index (χ1v) is 5.84. The van der Waals surface area contributed by atoms with Crippen molar-refractivity contribution in [2.45, 2.75) is 13.3 Å². The van der Waals surface area contributed by atoms with E-state index in [2.05, 4.69) is 0 Å². The number of nitrogens with zero attached hydrogens (tertiary/aromatic N) is 1. The van der Waals surface area contributed by atoms with Crippen molar-refractivity contribution in [1.82, 2.24) is 4.90 Å². The summed E-state index contributed by atoms with van der Waals surface area (Å²) in [5.74, 6) is 0.642. The molecule has 0 radical (unpaired) electrons. The summed E-state index contributed by atoms with van der Waals surface area (Å²) in [6, 6.07) is 9.26. The maximum Gasteiger partial charge on any atom is 0.260 e. The Balaban J connectivity index is 2.37. The van der Waals surface area contributed by atoms with Gasteiger partial charge in [-0.05, 0) is 25.5 Å². The number of amides is 1. The Morgan fingerprint density at radius 2 is 2.06 bits per heavy atom. The summed E-state index contributed by atoms with van der Waals surface area (Å²) in [6.07, 6.45) is 0.602. The van der Waals surface area contributed by atoms with E-state index in [0.717, 1.165) is 0 Å². The number of aliphatic hydroxyl groups excluding tert-OH is 1. The van der Waals surface area contributed by atoms with E-state index < -0.39 is 0 Å². The molecule has 0 atom stereocenters. The second kappa shape index (κ2) is 7.68. The van der Waals surface area contributed by atoms with Crippen LogP contribution in [0.2, 0.25) is 0 Å². The fourth-order valence-corrected chi connectivity index (χ4v) is 1.47. The van der Waals surface area contributed by atoms with Crippen molar-refractivity contribution < 1.29 is 14.6 Å². The van der Waals surface area contributed by atoms with Crippen LogP contribution in [0.5, 0.6) is 5.75 Å². The minimum atomic E-state index is -0.0511. The molecule has 0 saturated heterocycles. The van der Waals surface area contributed by atoms with Crippen LogP contribution in [-0.4, -0.2) is 42.2 Å². The maximum atomic E-state index is 11.8. The first-order chi connectivity index (χ1) is 8.27. The monoisotopic (exact) mass is 237 g/mol. The Bertz CT molecular complexity index is 327. The molecule has 0 aliphatic heterocycles. The van der Waals surface area contributed by atoms with Crippen LogP contribution in [-0.2, 0) is 4.79 Å². The summed E-state index contributed by atoms with van der Waals surface area (Å²) < 4.78 is 5.38. The quantitative estimate of drug-likeness (QED) is 0.777. The highest BCUT2D eigenvalue weighted by Crippen LogP contribution is 2.08. The van der Waals surface area contributed by atoms with Gasteiger partial charge in [0.15, 0.2) is 6.61 Å². The molecule has 0 aromatic heterocycles. The van der Waals surface area contributed by atoms with Crippen LogP contribution in [0.25, 0.3) is 0 Å². The number of ether oxygens (including phenoxy) is 1. The van der Waals surface area contributed by atoms with Crippen molar-refractivity contribution in [3.8, 4) is 5.75 Å². The second-order valence-corrected chi connectivity index (χ2v) is 3.65. The van der Waals surface area contributed by atoms with Crippen LogP contribution in [0.4, 0.5) is 0 Å². The fraction of sp³-hybridized carbons (Fsp3) is 0.462. The van der Waals surface area contributed by atoms with E-state index in [1.165, 1.54) is 0 Å². The number of carbonyl (C=O) groups excluding carboxylic acids is 1. The smallest absolute Gasteiger partial charge is 0.260 e. The molecule has 94 valence electrons. The lowest BCUT2D eigenvalue weighted by Crippen LogP contribution is -2.35. The number of rotatable bonds is 7. The first kappa shape index (κ1) is 13.5. The number of aliphatic hydroxyl groups is 1. The Morgan fingerprint density at radius 3 is 2.65 bits per heavy atom. The summed E-state index contributed by atoms with van der Waals surface area (Å²) in [4.78, 5) is 13.5. The summed E-state index contributed by atoms with van der Waals surface area (Å²) in [5, 5.41) is 8.73. The lowest BCUT2D eigenvalue weighted by atomic mass is 10.3. The van der Waals surface area contributed by atoms with E-state index >= 15 is 0 Å². The minimum absolute atomic E-state index is 0.0449. The third kappa shape index (κ3) is 4.87. The minimum Gasteiger partial charge on any atom is -0.484 e. The fourth-order valence-electron chi connectivity index (χ4n) is 1.47. The molecule has 1 aromatic carbocycles. The molecule has 4 nitrogen and oxygen atoms in total. The van der Waals surface area contributed by atoms with E-state index in [1.54, 1.807) is 4.90 Å². The molecule has 0 aliphatic rings. The summed E-state index contributed by atoms with van der Waals surface area (Å²) in [7, 11) is 0. The number of hydrogen-bond donors (Lipinski definition) is 1. The van der Waals surface area contributed by atoms with Crippen molar-refractivity contribution in [2.24, 2.45) is 0 Å². The van der Waals surface area contributed by atoms with Gasteiger partial charge in [0.25, 0.3) is 5.91 Å². The molecule has 0 saturated carbocycles. The third-order valence-corrected chi connectivity index (χ3v) is 2.43. The van der Waals surface area contributed by atoms with Gasteiger partial charge in [0, 0.05) is 19.7 Å². The van der Waals surface area contributed by atoms with Crippen molar-refractivity contribution >= 4 is 5.91 Å². The normalized spacial score (nSPS) is 10.0. The lowest BCUT2D eigenvalue weighted by Gasteiger charge is -2.20. The number of benzene rings is 1. The Morgan fingerprint density at radius 1 is 1.35 bits per heavy atom. The highest BCUT2D eigenvalue weighted by Gasteiger charge is 2.11. The molecule has 0 bridgehead atoms. The molecule has 17 heavy (non-hydrogen) atoms. The molecule has 0 fully saturated rings. The van der Waals surface area contributed by atoms with E-state index in [-0.39, 0.29) is 19.1 Å². The zero-order chi connectivity index (χ0) is 12.5. The van der Waals surface area contributed by atoms with Crippen molar-refractivity contribution in [3.05, 3.63) is 30.3 Å². The van der Waals surface area contributed by atoms with E-state index in [0.29, 0.717) is 25.3 Å². The standard InChI is InChI=1S/C13H19NO3/c1-2-14(9-6-10-15)13(16)11-17-12-7-4-3-5-8-12/h3-5,7-8,15H,2,6,9-11H2,1H3. The first-order valence-electron chi connectivity index (χ1n) is 5.84. The molecule has 1 rings (SSSR count). The van der Waals surface area contributed by atoms with Gasteiger partial charge in [-0.1, -0.05) is 18.2 Å². The van der Waals surface area contributed by atoms with Crippen LogP contribution >= 0.6 is 0 Å². The predicted molar refractivity (Wildman–Crippen MR) is 65.9 cm³/mol. The summed E-state index contributed by atoms with van der Waals surface area (Å²) in [6.45, 7) is 3.27. The average Bonchev–Trinajstić information content (AvgIpc) is 2.38. The van der Waals surface area contributed by atoms with E-state index in [9.17, 15) is 4.79 Å². The molecule has 4 heteroatoms. The third-order valence-electron chi connectivity index (χ3n) is 2.43. The average molecular weight is 237 g/mol. The van der Waals surface area contributed by atoms with Gasteiger partial charge in [-0.25, -0.2) is 0 Å². The Labute approximate surface area is 102 Å². The van der Waals surface area contributed by atoms with Crippen LogP contribution in [0.3, 0.4) is 0 Å². The molecule has 0 heterocycles. The van der Waals surface area contributed by atoms with Gasteiger partial charge in [0.05, 0.1) is 0 Å². The van der Waals surface area contributed by atoms with Crippen LogP contribution in [0, 0.1) is 0 Å². The molecule has 0 spiro atoms. The number of para-hydroxylation sites is 1. The van der Waals surface area contributed by atoms with Crippen LogP contribution < -0.4 is 4.74 Å². The number of likely N-dealkylation sites (N-methyl/N-ethyl adjacent to an activating group) is 1. The SMILES string of the molecule is CCN(CCCO)C(=O)COc1ccccc1. The summed E-state index contributed by atoms with van der Waals surface area (Å²) in [5.41, 5.74) is 0. The van der Waals surface area contributed by atoms with Gasteiger partial charge in [-0.3, -0.25) is 4.79 Å². The maximum absolute atomic E-state index is 11.8. The Kier molecular flexibility index (Phi) is 6.10. The largest absolute Gasteiger partial charge is 0.484 e. The molecule has 0 aliphatic carbocycles. The van der Waals surface area contributed by atoms with E-state index in [4.69, 9.17) is 9.84 Å². The lowest BCUT2D eigenvalue weighted by molar-refractivity contribution is -0.133.